The van der Waals surface area contributed by atoms with Crippen molar-refractivity contribution < 1.29 is 13.2 Å². The van der Waals surface area contributed by atoms with Crippen LogP contribution in [0.1, 0.15) is 22.6 Å². The van der Waals surface area contributed by atoms with Gasteiger partial charge in [0.05, 0.1) is 30.0 Å². The molecule has 2 saturated heterocycles. The maximum atomic E-state index is 12.8. The number of halogens is 4. The molecule has 2 fully saturated rings. The summed E-state index contributed by atoms with van der Waals surface area (Å²) >= 11 is 6.36. The fourth-order valence-corrected chi connectivity index (χ4v) is 5.80. The van der Waals surface area contributed by atoms with Crippen LogP contribution in [0.4, 0.5) is 24.9 Å². The number of nitriles is 1. The van der Waals surface area contributed by atoms with Gasteiger partial charge < -0.3 is 9.80 Å². The minimum absolute atomic E-state index is 0.00203. The number of piperazine rings is 1. The Morgan fingerprint density at radius 1 is 1.03 bits per heavy atom. The fourth-order valence-electron chi connectivity index (χ4n) is 5.61. The largest absolute Gasteiger partial charge is 0.401 e. The third-order valence-corrected chi connectivity index (χ3v) is 7.88. The molecule has 0 atom stereocenters. The van der Waals surface area contributed by atoms with Gasteiger partial charge in [-0.3, -0.25) is 14.4 Å². The second-order valence-electron chi connectivity index (χ2n) is 10.3. The first-order valence-electron chi connectivity index (χ1n) is 12.8. The molecule has 0 aliphatic carbocycles. The van der Waals surface area contributed by atoms with E-state index in [0.717, 1.165) is 41.9 Å². The van der Waals surface area contributed by atoms with Crippen LogP contribution in [-0.2, 0) is 13.1 Å². The maximum absolute atomic E-state index is 12.8. The highest BCUT2D eigenvalue weighted by molar-refractivity contribution is 6.30. The number of likely N-dealkylation sites (tertiary alicyclic amines) is 1. The van der Waals surface area contributed by atoms with Gasteiger partial charge in [0.15, 0.2) is 5.82 Å². The summed E-state index contributed by atoms with van der Waals surface area (Å²) in [6.45, 7) is 5.62. The number of benzene rings is 1. The Kier molecular flexibility index (Phi) is 6.61. The molecule has 3 aliphatic rings. The molecule has 1 aromatic carbocycles. The first-order valence-corrected chi connectivity index (χ1v) is 13.2. The third-order valence-electron chi connectivity index (χ3n) is 7.65. The number of hydrogen-bond acceptors (Lipinski definition) is 8. The quantitative estimate of drug-likeness (QED) is 0.483. The molecule has 3 aromatic rings. The lowest BCUT2D eigenvalue weighted by molar-refractivity contribution is -0.161. The van der Waals surface area contributed by atoms with E-state index in [9.17, 15) is 18.4 Å². The SMILES string of the molecule is Cc1nc(N2CCN(c3nnc4n3-c3ccc(Cl)cc3CN(C3CN(CC(F)(F)F)C3)C4)CC2)ccc1C#N. The van der Waals surface area contributed by atoms with Gasteiger partial charge in [0, 0.05) is 56.9 Å². The molecule has 39 heavy (non-hydrogen) atoms. The molecule has 5 heterocycles. The highest BCUT2D eigenvalue weighted by Crippen LogP contribution is 2.33. The van der Waals surface area contributed by atoms with Crippen LogP contribution in [0.3, 0.4) is 0 Å². The van der Waals surface area contributed by atoms with Gasteiger partial charge in [-0.25, -0.2) is 4.98 Å². The van der Waals surface area contributed by atoms with Crippen molar-refractivity contribution in [1.29, 1.82) is 5.26 Å². The number of aromatic nitrogens is 4. The Morgan fingerprint density at radius 2 is 1.77 bits per heavy atom. The molecule has 0 spiro atoms. The van der Waals surface area contributed by atoms with Crippen LogP contribution in [0.25, 0.3) is 5.69 Å². The van der Waals surface area contributed by atoms with Gasteiger partial charge in [-0.1, -0.05) is 11.6 Å². The summed E-state index contributed by atoms with van der Waals surface area (Å²) in [6.07, 6.45) is -4.20. The van der Waals surface area contributed by atoms with Crippen molar-refractivity contribution in [2.45, 2.75) is 32.2 Å². The lowest BCUT2D eigenvalue weighted by atomic mass is 10.1. The number of rotatable bonds is 4. The van der Waals surface area contributed by atoms with Gasteiger partial charge in [0.25, 0.3) is 0 Å². The zero-order valence-electron chi connectivity index (χ0n) is 21.4. The summed E-state index contributed by atoms with van der Waals surface area (Å²) in [5.41, 5.74) is 3.22. The van der Waals surface area contributed by atoms with Gasteiger partial charge >= 0.3 is 6.18 Å². The third kappa shape index (κ3) is 5.14. The summed E-state index contributed by atoms with van der Waals surface area (Å²) in [7, 11) is 0. The van der Waals surface area contributed by atoms with E-state index in [-0.39, 0.29) is 6.04 Å². The van der Waals surface area contributed by atoms with Crippen LogP contribution in [0, 0.1) is 18.3 Å². The first kappa shape index (κ1) is 25.9. The highest BCUT2D eigenvalue weighted by Gasteiger charge is 2.40. The predicted octanol–water partition coefficient (Wildman–Crippen LogP) is 3.38. The number of aryl methyl sites for hydroxylation is 1. The molecular formula is C26H27ClF3N9. The molecule has 0 unspecified atom stereocenters. The van der Waals surface area contributed by atoms with Crippen molar-refractivity contribution >= 4 is 23.4 Å². The zero-order valence-corrected chi connectivity index (χ0v) is 22.1. The summed E-state index contributed by atoms with van der Waals surface area (Å²) < 4.78 is 40.6. The van der Waals surface area contributed by atoms with E-state index in [4.69, 9.17) is 11.6 Å². The van der Waals surface area contributed by atoms with Crippen molar-refractivity contribution in [2.75, 3.05) is 55.6 Å². The molecule has 0 saturated carbocycles. The smallest absolute Gasteiger partial charge is 0.353 e. The van der Waals surface area contributed by atoms with Crippen LogP contribution in [0.15, 0.2) is 30.3 Å². The van der Waals surface area contributed by atoms with E-state index in [1.165, 1.54) is 4.90 Å². The van der Waals surface area contributed by atoms with Crippen molar-refractivity contribution in [1.82, 2.24) is 29.5 Å². The van der Waals surface area contributed by atoms with E-state index in [0.29, 0.717) is 55.5 Å². The first-order chi connectivity index (χ1) is 18.7. The summed E-state index contributed by atoms with van der Waals surface area (Å²) in [6, 6.07) is 11.6. The van der Waals surface area contributed by atoms with Gasteiger partial charge in [0.1, 0.15) is 11.9 Å². The number of hydrogen-bond donors (Lipinski definition) is 0. The maximum Gasteiger partial charge on any atom is 0.401 e. The topological polar surface area (TPSA) is 80.4 Å². The van der Waals surface area contributed by atoms with Crippen LogP contribution in [0.5, 0.6) is 0 Å². The van der Waals surface area contributed by atoms with Crippen LogP contribution in [0.2, 0.25) is 5.02 Å². The molecule has 6 rings (SSSR count). The Morgan fingerprint density at radius 3 is 2.46 bits per heavy atom. The average molecular weight is 558 g/mol. The molecule has 0 radical (unpaired) electrons. The second-order valence-corrected chi connectivity index (χ2v) is 10.7. The molecular weight excluding hydrogens is 531 g/mol. The monoisotopic (exact) mass is 557 g/mol. The summed E-state index contributed by atoms with van der Waals surface area (Å²) in [4.78, 5) is 12.6. The van der Waals surface area contributed by atoms with E-state index in [1.807, 2.05) is 31.2 Å². The van der Waals surface area contributed by atoms with Crippen molar-refractivity contribution in [3.8, 4) is 11.8 Å². The number of anilines is 2. The normalized spacial score (nSPS) is 18.8. The van der Waals surface area contributed by atoms with E-state index >= 15 is 0 Å². The summed E-state index contributed by atoms with van der Waals surface area (Å²) in [5.74, 6) is 2.35. The standard InChI is InChI=1S/C26H27ClF3N9/c1-17-18(11-31)2-5-23(32-17)36-6-8-37(9-7-36)25-34-33-24-15-38(21-13-35(14-21)16-26(28,29)30)12-19-10-20(27)3-4-22(19)39(24)25/h2-5,10,21H,6-9,12-16H2,1H3. The van der Waals surface area contributed by atoms with Crippen LogP contribution in [-0.4, -0.2) is 87.6 Å². The molecule has 3 aliphatic heterocycles. The Balaban J connectivity index is 1.22. The molecule has 0 amide bonds. The van der Waals surface area contributed by atoms with Gasteiger partial charge in [-0.2, -0.15) is 18.4 Å². The number of nitrogens with zero attached hydrogens (tertiary/aromatic N) is 9. The second kappa shape index (κ2) is 9.97. The molecule has 204 valence electrons. The minimum Gasteiger partial charge on any atom is -0.353 e. The minimum atomic E-state index is -4.20. The number of alkyl halides is 3. The lowest BCUT2D eigenvalue weighted by Crippen LogP contribution is -2.60. The number of pyridine rings is 1. The number of fused-ring (bicyclic) bond motifs is 3. The highest BCUT2D eigenvalue weighted by atomic mass is 35.5. The van der Waals surface area contributed by atoms with Gasteiger partial charge in [0.2, 0.25) is 5.95 Å². The summed E-state index contributed by atoms with van der Waals surface area (Å²) in [5, 5.41) is 18.9. The van der Waals surface area contributed by atoms with Crippen LogP contribution < -0.4 is 9.80 Å². The van der Waals surface area contributed by atoms with Crippen molar-refractivity contribution in [2.24, 2.45) is 0 Å². The van der Waals surface area contributed by atoms with Crippen molar-refractivity contribution in [3.63, 3.8) is 0 Å². The molecule has 9 nitrogen and oxygen atoms in total. The molecule has 2 aromatic heterocycles. The predicted molar refractivity (Wildman–Crippen MR) is 140 cm³/mol. The Labute approximate surface area is 229 Å². The molecule has 0 bridgehead atoms. The Hall–Kier alpha value is -3.40. The fraction of sp³-hybridized carbons (Fsp3) is 0.462. The van der Waals surface area contributed by atoms with E-state index in [1.54, 1.807) is 6.07 Å². The zero-order chi connectivity index (χ0) is 27.3. The van der Waals surface area contributed by atoms with E-state index < -0.39 is 12.7 Å². The molecule has 0 N–H and O–H groups in total. The average Bonchev–Trinajstić information content (AvgIpc) is 3.21. The van der Waals surface area contributed by atoms with Crippen molar-refractivity contribution in [3.05, 3.63) is 58.0 Å². The van der Waals surface area contributed by atoms with Crippen LogP contribution >= 0.6 is 11.6 Å². The lowest BCUT2D eigenvalue weighted by Gasteiger charge is -2.45. The Bertz CT molecular complexity index is 1420. The van der Waals surface area contributed by atoms with Gasteiger partial charge in [-0.05, 0) is 42.8 Å². The van der Waals surface area contributed by atoms with E-state index in [2.05, 4.69) is 40.5 Å². The van der Waals surface area contributed by atoms with Gasteiger partial charge in [-0.15, -0.1) is 10.2 Å². The molecule has 13 heteroatoms.